The molecule has 0 aromatic heterocycles. The first-order chi connectivity index (χ1) is 6.65. The van der Waals surface area contributed by atoms with E-state index in [1.807, 2.05) is 0 Å². The van der Waals surface area contributed by atoms with Crippen molar-refractivity contribution >= 4 is 0 Å². The van der Waals surface area contributed by atoms with Gasteiger partial charge in [0.15, 0.2) is 0 Å². The molecule has 1 fully saturated rings. The molecule has 14 heavy (non-hydrogen) atoms. The molecule has 3 atom stereocenters. The molecule has 0 bridgehead atoms. The summed E-state index contributed by atoms with van der Waals surface area (Å²) in [4.78, 5) is 0. The van der Waals surface area contributed by atoms with Gasteiger partial charge in [0.1, 0.15) is 0 Å². The predicted molar refractivity (Wildman–Crippen MR) is 59.1 cm³/mol. The van der Waals surface area contributed by atoms with E-state index >= 15 is 0 Å². The molecular formula is C11H24N2O. The van der Waals surface area contributed by atoms with Gasteiger partial charge in [-0.2, -0.15) is 0 Å². The van der Waals surface area contributed by atoms with Crippen LogP contribution < -0.4 is 5.43 Å². The standard InChI is InChI=1S/C11H24N2O/c1-5-8-12-13(4)11-7-6-9(2)14-10(11)3/h9-12H,5-8H2,1-4H3/t9-,10+,11?/m0/s1. The van der Waals surface area contributed by atoms with Gasteiger partial charge in [-0.3, -0.25) is 5.43 Å². The molecule has 3 heteroatoms. The van der Waals surface area contributed by atoms with Crippen LogP contribution in [-0.4, -0.2) is 36.9 Å². The van der Waals surface area contributed by atoms with Gasteiger partial charge in [0, 0.05) is 13.6 Å². The van der Waals surface area contributed by atoms with Crippen LogP contribution >= 0.6 is 0 Å². The molecule has 1 aliphatic heterocycles. The fourth-order valence-corrected chi connectivity index (χ4v) is 2.08. The van der Waals surface area contributed by atoms with Gasteiger partial charge in [-0.1, -0.05) is 6.92 Å². The summed E-state index contributed by atoms with van der Waals surface area (Å²) in [5.74, 6) is 0. The number of likely N-dealkylation sites (N-methyl/N-ethyl adjacent to an activating group) is 1. The summed E-state index contributed by atoms with van der Waals surface area (Å²) in [5.41, 5.74) is 3.40. The van der Waals surface area contributed by atoms with E-state index in [1.165, 1.54) is 19.3 Å². The van der Waals surface area contributed by atoms with Gasteiger partial charge >= 0.3 is 0 Å². The minimum absolute atomic E-state index is 0.341. The first-order valence-corrected chi connectivity index (χ1v) is 5.77. The van der Waals surface area contributed by atoms with Gasteiger partial charge < -0.3 is 4.74 Å². The zero-order chi connectivity index (χ0) is 10.6. The first kappa shape index (κ1) is 12.0. The number of hydrogen-bond acceptors (Lipinski definition) is 3. The van der Waals surface area contributed by atoms with Crippen LogP contribution in [-0.2, 0) is 4.74 Å². The highest BCUT2D eigenvalue weighted by Crippen LogP contribution is 2.21. The summed E-state index contributed by atoms with van der Waals surface area (Å²) in [6.45, 7) is 7.57. The molecule has 84 valence electrons. The van der Waals surface area contributed by atoms with Crippen molar-refractivity contribution in [3.8, 4) is 0 Å². The molecule has 0 radical (unpaired) electrons. The maximum Gasteiger partial charge on any atom is 0.0719 e. The Hall–Kier alpha value is -0.120. The SMILES string of the molecule is CCCNN(C)C1CC[C@H](C)O[C@@H]1C. The molecule has 1 unspecified atom stereocenters. The zero-order valence-corrected chi connectivity index (χ0v) is 9.92. The molecule has 0 saturated carbocycles. The normalized spacial score (nSPS) is 33.6. The molecule has 1 rings (SSSR count). The molecule has 1 heterocycles. The third-order valence-corrected chi connectivity index (χ3v) is 2.97. The van der Waals surface area contributed by atoms with Crippen LogP contribution in [0.15, 0.2) is 0 Å². The van der Waals surface area contributed by atoms with Crippen LogP contribution in [0.25, 0.3) is 0 Å². The van der Waals surface area contributed by atoms with Crippen molar-refractivity contribution in [2.24, 2.45) is 0 Å². The van der Waals surface area contributed by atoms with Crippen LogP contribution in [0.5, 0.6) is 0 Å². The molecule has 0 aliphatic carbocycles. The summed E-state index contributed by atoms with van der Waals surface area (Å²) in [6.07, 6.45) is 4.35. The molecular weight excluding hydrogens is 176 g/mol. The molecule has 1 aliphatic rings. The first-order valence-electron chi connectivity index (χ1n) is 5.77. The number of nitrogens with zero attached hydrogens (tertiary/aromatic N) is 1. The molecule has 0 spiro atoms. The second-order valence-electron chi connectivity index (χ2n) is 4.32. The van der Waals surface area contributed by atoms with Gasteiger partial charge in [-0.15, -0.1) is 0 Å². The van der Waals surface area contributed by atoms with Crippen LogP contribution in [0.2, 0.25) is 0 Å². The molecule has 0 aromatic carbocycles. The van der Waals surface area contributed by atoms with Crippen molar-refractivity contribution in [3.05, 3.63) is 0 Å². The highest BCUT2D eigenvalue weighted by molar-refractivity contribution is 4.79. The number of ether oxygens (including phenoxy) is 1. The lowest BCUT2D eigenvalue weighted by molar-refractivity contribution is -0.0869. The van der Waals surface area contributed by atoms with E-state index in [0.717, 1.165) is 6.54 Å². The van der Waals surface area contributed by atoms with Crippen molar-refractivity contribution in [2.45, 2.75) is 58.3 Å². The maximum atomic E-state index is 5.82. The van der Waals surface area contributed by atoms with Crippen LogP contribution in [0.1, 0.15) is 40.0 Å². The zero-order valence-electron chi connectivity index (χ0n) is 9.92. The Morgan fingerprint density at radius 3 is 2.64 bits per heavy atom. The Kier molecular flexibility index (Phi) is 4.85. The van der Waals surface area contributed by atoms with Gasteiger partial charge in [-0.05, 0) is 33.1 Å². The number of hydrazine groups is 1. The fraction of sp³-hybridized carbons (Fsp3) is 1.00. The highest BCUT2D eigenvalue weighted by Gasteiger charge is 2.28. The van der Waals surface area contributed by atoms with E-state index in [2.05, 4.69) is 38.3 Å². The quantitative estimate of drug-likeness (QED) is 0.700. The van der Waals surface area contributed by atoms with Crippen LogP contribution in [0, 0.1) is 0 Å². The van der Waals surface area contributed by atoms with Gasteiger partial charge in [0.2, 0.25) is 0 Å². The van der Waals surface area contributed by atoms with Crippen molar-refractivity contribution in [1.29, 1.82) is 0 Å². The Bertz CT molecular complexity index is 163. The minimum Gasteiger partial charge on any atom is -0.374 e. The average Bonchev–Trinajstić information content (AvgIpc) is 2.14. The lowest BCUT2D eigenvalue weighted by atomic mass is 10.00. The van der Waals surface area contributed by atoms with E-state index < -0.39 is 0 Å². The number of rotatable bonds is 4. The molecule has 0 amide bonds. The number of hydrogen-bond donors (Lipinski definition) is 1. The van der Waals surface area contributed by atoms with Crippen molar-refractivity contribution < 1.29 is 4.74 Å². The Morgan fingerprint density at radius 1 is 1.36 bits per heavy atom. The highest BCUT2D eigenvalue weighted by atomic mass is 16.5. The summed E-state index contributed by atoms with van der Waals surface area (Å²) in [6, 6.07) is 0.526. The minimum atomic E-state index is 0.341. The summed E-state index contributed by atoms with van der Waals surface area (Å²) in [5, 5.41) is 2.22. The molecule has 1 saturated heterocycles. The Morgan fingerprint density at radius 2 is 2.07 bits per heavy atom. The Balaban J connectivity index is 2.35. The lowest BCUT2D eigenvalue weighted by Crippen LogP contribution is -2.51. The van der Waals surface area contributed by atoms with Crippen LogP contribution in [0.3, 0.4) is 0 Å². The van der Waals surface area contributed by atoms with Crippen LogP contribution in [0.4, 0.5) is 0 Å². The molecule has 3 nitrogen and oxygen atoms in total. The van der Waals surface area contributed by atoms with Gasteiger partial charge in [-0.25, -0.2) is 5.01 Å². The van der Waals surface area contributed by atoms with Crippen molar-refractivity contribution in [2.75, 3.05) is 13.6 Å². The summed E-state index contributed by atoms with van der Waals surface area (Å²) in [7, 11) is 2.12. The topological polar surface area (TPSA) is 24.5 Å². The third-order valence-electron chi connectivity index (χ3n) is 2.97. The maximum absolute atomic E-state index is 5.82. The Labute approximate surface area is 87.8 Å². The smallest absolute Gasteiger partial charge is 0.0719 e. The lowest BCUT2D eigenvalue weighted by Gasteiger charge is -2.38. The second kappa shape index (κ2) is 5.69. The summed E-state index contributed by atoms with van der Waals surface area (Å²) >= 11 is 0. The van der Waals surface area contributed by atoms with Gasteiger partial charge in [0.25, 0.3) is 0 Å². The van der Waals surface area contributed by atoms with E-state index in [4.69, 9.17) is 4.74 Å². The molecule has 1 N–H and O–H groups in total. The van der Waals surface area contributed by atoms with Crippen molar-refractivity contribution in [1.82, 2.24) is 10.4 Å². The van der Waals surface area contributed by atoms with E-state index in [-0.39, 0.29) is 0 Å². The third kappa shape index (κ3) is 3.23. The fourth-order valence-electron chi connectivity index (χ4n) is 2.08. The summed E-state index contributed by atoms with van der Waals surface area (Å²) < 4.78 is 5.82. The van der Waals surface area contributed by atoms with Crippen molar-refractivity contribution in [3.63, 3.8) is 0 Å². The average molecular weight is 200 g/mol. The largest absolute Gasteiger partial charge is 0.374 e. The monoisotopic (exact) mass is 200 g/mol. The molecule has 0 aromatic rings. The van der Waals surface area contributed by atoms with E-state index in [1.54, 1.807) is 0 Å². The predicted octanol–water partition coefficient (Wildman–Crippen LogP) is 1.79. The number of nitrogens with one attached hydrogen (secondary N) is 1. The van der Waals surface area contributed by atoms with Gasteiger partial charge in [0.05, 0.1) is 18.2 Å². The van der Waals surface area contributed by atoms with E-state index in [9.17, 15) is 0 Å². The second-order valence-corrected chi connectivity index (χ2v) is 4.32. The van der Waals surface area contributed by atoms with E-state index in [0.29, 0.717) is 18.2 Å².